The number of benzene rings is 4. The highest BCUT2D eigenvalue weighted by molar-refractivity contribution is 7.80. The lowest BCUT2D eigenvalue weighted by Gasteiger charge is -2.11. The van der Waals surface area contributed by atoms with Crippen LogP contribution in [0.2, 0.25) is 0 Å². The molecule has 0 radical (unpaired) electrons. The number of nitrogens with one attached hydrogen (secondary N) is 2. The summed E-state index contributed by atoms with van der Waals surface area (Å²) in [6.07, 6.45) is 1.44. The van der Waals surface area contributed by atoms with Gasteiger partial charge in [0.2, 0.25) is 0 Å². The molecule has 0 saturated carbocycles. The standard InChI is InChI=1S/C29H23N3O5S/c1-35-24-16-13-23(14-17-24)31-29(38)32-30-19-22-12-15-25(36-27(33)20-8-4-2-5-9-20)18-26(22)37-28(34)21-10-6-3-7-11-21/h2-19H,1H3,(H2,31,32,38)/b30-19+. The van der Waals surface area contributed by atoms with Crippen LogP contribution < -0.4 is 25.0 Å². The van der Waals surface area contributed by atoms with E-state index in [0.29, 0.717) is 16.7 Å². The van der Waals surface area contributed by atoms with Crippen LogP contribution in [-0.4, -0.2) is 30.4 Å². The van der Waals surface area contributed by atoms with Crippen molar-refractivity contribution in [2.75, 3.05) is 12.4 Å². The van der Waals surface area contributed by atoms with Gasteiger partial charge in [0.05, 0.1) is 24.5 Å². The number of rotatable bonds is 8. The molecule has 0 fully saturated rings. The van der Waals surface area contributed by atoms with Gasteiger partial charge in [-0.3, -0.25) is 5.43 Å². The maximum absolute atomic E-state index is 12.7. The Morgan fingerprint density at radius 3 is 1.95 bits per heavy atom. The summed E-state index contributed by atoms with van der Waals surface area (Å²) in [6, 6.07) is 29.0. The smallest absolute Gasteiger partial charge is 0.343 e. The number of hydrogen-bond donors (Lipinski definition) is 2. The fourth-order valence-corrected chi connectivity index (χ4v) is 3.41. The summed E-state index contributed by atoms with van der Waals surface area (Å²) < 4.78 is 16.2. The van der Waals surface area contributed by atoms with Crippen LogP contribution in [0.4, 0.5) is 5.69 Å². The Hall–Kier alpha value is -5.02. The van der Waals surface area contributed by atoms with Crippen LogP contribution in [0.1, 0.15) is 26.3 Å². The SMILES string of the molecule is COc1ccc(NC(=S)N/N=C/c2ccc(OC(=O)c3ccccc3)cc2OC(=O)c2ccccc2)cc1. The number of hydrogen-bond acceptors (Lipinski definition) is 7. The maximum atomic E-state index is 12.7. The maximum Gasteiger partial charge on any atom is 0.343 e. The van der Waals surface area contributed by atoms with Crippen LogP contribution in [0.3, 0.4) is 0 Å². The van der Waals surface area contributed by atoms with Gasteiger partial charge in [-0.1, -0.05) is 36.4 Å². The van der Waals surface area contributed by atoms with E-state index in [1.807, 2.05) is 12.1 Å². The van der Waals surface area contributed by atoms with Crippen LogP contribution >= 0.6 is 12.2 Å². The Morgan fingerprint density at radius 1 is 0.763 bits per heavy atom. The molecule has 8 nitrogen and oxygen atoms in total. The molecule has 0 bridgehead atoms. The summed E-state index contributed by atoms with van der Waals surface area (Å²) in [5, 5.41) is 7.40. The molecule has 0 unspecified atom stereocenters. The summed E-state index contributed by atoms with van der Waals surface area (Å²) in [7, 11) is 1.59. The fraction of sp³-hybridized carbons (Fsp3) is 0.0345. The number of carbonyl (C=O) groups excluding carboxylic acids is 2. The fourth-order valence-electron chi connectivity index (χ4n) is 3.24. The Morgan fingerprint density at radius 2 is 1.34 bits per heavy atom. The molecule has 0 aliphatic heterocycles. The second-order valence-electron chi connectivity index (χ2n) is 7.76. The molecule has 0 heterocycles. The van der Waals surface area contributed by atoms with Crippen LogP contribution in [0.5, 0.6) is 17.2 Å². The average molecular weight is 526 g/mol. The number of hydrazone groups is 1. The average Bonchev–Trinajstić information content (AvgIpc) is 2.95. The van der Waals surface area contributed by atoms with E-state index in [-0.39, 0.29) is 16.6 Å². The lowest BCUT2D eigenvalue weighted by Crippen LogP contribution is -2.23. The van der Waals surface area contributed by atoms with Gasteiger partial charge in [0.25, 0.3) is 0 Å². The number of carbonyl (C=O) groups is 2. The van der Waals surface area contributed by atoms with E-state index in [1.54, 1.807) is 92.0 Å². The minimum Gasteiger partial charge on any atom is -0.497 e. The molecule has 4 aromatic rings. The third kappa shape index (κ3) is 7.25. The van der Waals surface area contributed by atoms with Crippen molar-refractivity contribution in [3.05, 3.63) is 120 Å². The zero-order valence-electron chi connectivity index (χ0n) is 20.3. The highest BCUT2D eigenvalue weighted by Gasteiger charge is 2.14. The van der Waals surface area contributed by atoms with Gasteiger partial charge in [-0.15, -0.1) is 0 Å². The normalized spacial score (nSPS) is 10.4. The molecule has 2 N–H and O–H groups in total. The molecular formula is C29H23N3O5S. The van der Waals surface area contributed by atoms with E-state index < -0.39 is 11.9 Å². The lowest BCUT2D eigenvalue weighted by molar-refractivity contribution is 0.0732. The van der Waals surface area contributed by atoms with Crippen molar-refractivity contribution in [1.82, 2.24) is 5.43 Å². The molecule has 0 atom stereocenters. The summed E-state index contributed by atoms with van der Waals surface area (Å²) in [5.41, 5.74) is 4.68. The molecule has 0 spiro atoms. The first kappa shape index (κ1) is 26.1. The first-order valence-corrected chi connectivity index (χ1v) is 11.9. The first-order valence-electron chi connectivity index (χ1n) is 11.4. The quantitative estimate of drug-likeness (QED) is 0.103. The number of methoxy groups -OCH3 is 1. The summed E-state index contributed by atoms with van der Waals surface area (Å²) in [5.74, 6) is -0.0309. The van der Waals surface area contributed by atoms with Gasteiger partial charge in [0.15, 0.2) is 5.11 Å². The highest BCUT2D eigenvalue weighted by atomic mass is 32.1. The molecule has 9 heteroatoms. The van der Waals surface area contributed by atoms with Crippen LogP contribution in [0.15, 0.2) is 108 Å². The van der Waals surface area contributed by atoms with Crippen LogP contribution in [-0.2, 0) is 0 Å². The highest BCUT2D eigenvalue weighted by Crippen LogP contribution is 2.26. The van der Waals surface area contributed by atoms with Gasteiger partial charge in [0, 0.05) is 17.3 Å². The van der Waals surface area contributed by atoms with Crippen molar-refractivity contribution < 1.29 is 23.8 Å². The van der Waals surface area contributed by atoms with Gasteiger partial charge >= 0.3 is 11.9 Å². The molecule has 38 heavy (non-hydrogen) atoms. The van der Waals surface area contributed by atoms with Gasteiger partial charge in [-0.2, -0.15) is 5.10 Å². The number of esters is 2. The Labute approximate surface area is 224 Å². The Balaban J connectivity index is 1.49. The van der Waals surface area contributed by atoms with Gasteiger partial charge in [-0.05, 0) is 72.9 Å². The molecular weight excluding hydrogens is 502 g/mol. The van der Waals surface area contributed by atoms with E-state index in [4.69, 9.17) is 26.4 Å². The monoisotopic (exact) mass is 525 g/mol. The molecule has 0 amide bonds. The van der Waals surface area contributed by atoms with Crippen molar-refractivity contribution in [1.29, 1.82) is 0 Å². The molecule has 190 valence electrons. The topological polar surface area (TPSA) is 98.2 Å². The molecule has 0 aliphatic carbocycles. The summed E-state index contributed by atoms with van der Waals surface area (Å²) >= 11 is 5.28. The molecule has 0 aliphatic rings. The largest absolute Gasteiger partial charge is 0.497 e. The van der Waals surface area contributed by atoms with Crippen LogP contribution in [0, 0.1) is 0 Å². The van der Waals surface area contributed by atoms with Crippen molar-refractivity contribution in [3.63, 3.8) is 0 Å². The van der Waals surface area contributed by atoms with Gasteiger partial charge in [-0.25, -0.2) is 9.59 Å². The van der Waals surface area contributed by atoms with E-state index in [9.17, 15) is 9.59 Å². The van der Waals surface area contributed by atoms with E-state index in [2.05, 4.69) is 15.8 Å². The molecule has 0 saturated heterocycles. The van der Waals surface area contributed by atoms with Crippen molar-refractivity contribution in [2.45, 2.75) is 0 Å². The molecule has 4 rings (SSSR count). The second-order valence-corrected chi connectivity index (χ2v) is 8.17. The lowest BCUT2D eigenvalue weighted by atomic mass is 10.2. The van der Waals surface area contributed by atoms with Crippen molar-refractivity contribution >= 4 is 41.2 Å². The van der Waals surface area contributed by atoms with Gasteiger partial charge in [0.1, 0.15) is 17.2 Å². The van der Waals surface area contributed by atoms with E-state index >= 15 is 0 Å². The molecule has 4 aromatic carbocycles. The molecule has 0 aromatic heterocycles. The minimum atomic E-state index is -0.573. The number of anilines is 1. The predicted octanol–water partition coefficient (Wildman–Crippen LogP) is 5.45. The number of thiocarbonyl (C=S) groups is 1. The second kappa shape index (κ2) is 12.8. The summed E-state index contributed by atoms with van der Waals surface area (Å²) in [6.45, 7) is 0. The van der Waals surface area contributed by atoms with E-state index in [0.717, 1.165) is 11.4 Å². The number of nitrogens with zero attached hydrogens (tertiary/aromatic N) is 1. The first-order chi connectivity index (χ1) is 18.5. The number of ether oxygens (including phenoxy) is 3. The van der Waals surface area contributed by atoms with Gasteiger partial charge < -0.3 is 19.5 Å². The third-order valence-corrected chi connectivity index (χ3v) is 5.33. The van der Waals surface area contributed by atoms with Crippen LogP contribution in [0.25, 0.3) is 0 Å². The predicted molar refractivity (Wildman–Crippen MR) is 149 cm³/mol. The van der Waals surface area contributed by atoms with E-state index in [1.165, 1.54) is 12.3 Å². The van der Waals surface area contributed by atoms with Crippen molar-refractivity contribution in [2.24, 2.45) is 5.10 Å². The zero-order valence-corrected chi connectivity index (χ0v) is 21.1. The zero-order chi connectivity index (χ0) is 26.7. The Bertz CT molecular complexity index is 1440. The Kier molecular flexibility index (Phi) is 8.77. The third-order valence-electron chi connectivity index (χ3n) is 5.13. The minimum absolute atomic E-state index is 0.150. The summed E-state index contributed by atoms with van der Waals surface area (Å²) in [4.78, 5) is 25.2. The van der Waals surface area contributed by atoms with Crippen molar-refractivity contribution in [3.8, 4) is 17.2 Å².